The van der Waals surface area contributed by atoms with E-state index in [4.69, 9.17) is 5.26 Å². The van der Waals surface area contributed by atoms with E-state index >= 15 is 0 Å². The van der Waals surface area contributed by atoms with Crippen LogP contribution in [-0.4, -0.2) is 23.5 Å². The van der Waals surface area contributed by atoms with Crippen LogP contribution in [0.15, 0.2) is 16.9 Å². The second-order valence-corrected chi connectivity index (χ2v) is 2.51. The zero-order valence-corrected chi connectivity index (χ0v) is 7.69. The van der Waals surface area contributed by atoms with Crippen LogP contribution < -0.4 is 10.6 Å². The van der Waals surface area contributed by atoms with Crippen molar-refractivity contribution < 1.29 is 14.1 Å². The molecule has 0 fully saturated rings. The van der Waals surface area contributed by atoms with E-state index in [0.717, 1.165) is 0 Å². The van der Waals surface area contributed by atoms with Crippen molar-refractivity contribution in [2.24, 2.45) is 0 Å². The highest BCUT2D eigenvalue weighted by molar-refractivity contribution is 6.35. The van der Waals surface area contributed by atoms with E-state index in [1.54, 1.807) is 12.1 Å². The Hall–Kier alpha value is -2.36. The van der Waals surface area contributed by atoms with E-state index in [9.17, 15) is 9.59 Å². The van der Waals surface area contributed by atoms with Gasteiger partial charge in [-0.05, 0) is 0 Å². The highest BCUT2D eigenvalue weighted by Crippen LogP contribution is 1.92. The van der Waals surface area contributed by atoms with Crippen LogP contribution in [0.4, 0.5) is 0 Å². The fraction of sp³-hybridized carbons (Fsp3) is 0.250. The predicted octanol–water partition coefficient (Wildman–Crippen LogP) is -1.07. The Kier molecular flexibility index (Phi) is 3.85. The number of hydrogen-bond donors (Lipinski definition) is 2. The summed E-state index contributed by atoms with van der Waals surface area (Å²) in [6.07, 6.45) is 1.36. The summed E-state index contributed by atoms with van der Waals surface area (Å²) in [5.74, 6) is -1.66. The summed E-state index contributed by atoms with van der Waals surface area (Å²) >= 11 is 0. The molecular formula is C8H8N4O3. The van der Waals surface area contributed by atoms with Crippen molar-refractivity contribution in [3.05, 3.63) is 18.0 Å². The molecule has 0 unspecified atom stereocenters. The quantitative estimate of drug-likeness (QED) is 0.485. The molecule has 0 bridgehead atoms. The number of amides is 2. The first-order chi connectivity index (χ1) is 7.24. The average molecular weight is 208 g/mol. The molecule has 0 aliphatic carbocycles. The SMILES string of the molecule is N#CCNC(=O)C(=O)NCc1ccon1. The topological polar surface area (TPSA) is 108 Å². The van der Waals surface area contributed by atoms with Crippen LogP contribution in [0.3, 0.4) is 0 Å². The third-order valence-electron chi connectivity index (χ3n) is 1.46. The smallest absolute Gasteiger partial charge is 0.310 e. The first kappa shape index (κ1) is 10.7. The molecule has 2 amide bonds. The Balaban J connectivity index is 2.30. The number of carbonyl (C=O) groups excluding carboxylic acids is 2. The Bertz CT molecular complexity index is 379. The maximum atomic E-state index is 11.1. The molecule has 0 aliphatic rings. The molecule has 0 atom stereocenters. The summed E-state index contributed by atoms with van der Waals surface area (Å²) in [6, 6.07) is 3.25. The number of nitrogens with zero attached hydrogens (tertiary/aromatic N) is 2. The zero-order chi connectivity index (χ0) is 11.1. The molecule has 7 nitrogen and oxygen atoms in total. The summed E-state index contributed by atoms with van der Waals surface area (Å²) in [4.78, 5) is 22.0. The van der Waals surface area contributed by atoms with Gasteiger partial charge in [-0.2, -0.15) is 5.26 Å². The van der Waals surface area contributed by atoms with Gasteiger partial charge in [0.05, 0.1) is 12.6 Å². The third kappa shape index (κ3) is 3.48. The van der Waals surface area contributed by atoms with E-state index in [1.807, 2.05) is 0 Å². The van der Waals surface area contributed by atoms with Crippen molar-refractivity contribution in [2.75, 3.05) is 6.54 Å². The van der Waals surface area contributed by atoms with E-state index < -0.39 is 11.8 Å². The number of carbonyl (C=O) groups is 2. The first-order valence-corrected chi connectivity index (χ1v) is 4.06. The van der Waals surface area contributed by atoms with Crippen molar-refractivity contribution in [1.29, 1.82) is 5.26 Å². The van der Waals surface area contributed by atoms with Gasteiger partial charge < -0.3 is 15.2 Å². The lowest BCUT2D eigenvalue weighted by atomic mass is 10.4. The zero-order valence-electron chi connectivity index (χ0n) is 7.69. The Labute approximate surface area is 85.0 Å². The molecule has 0 aromatic carbocycles. The van der Waals surface area contributed by atoms with Crippen LogP contribution in [0.25, 0.3) is 0 Å². The lowest BCUT2D eigenvalue weighted by Gasteiger charge is -2.01. The minimum atomic E-state index is -0.847. The van der Waals surface area contributed by atoms with Crippen LogP contribution in [0, 0.1) is 11.3 Å². The fourth-order valence-electron chi connectivity index (χ4n) is 0.780. The summed E-state index contributed by atoms with van der Waals surface area (Å²) in [5.41, 5.74) is 0.511. The van der Waals surface area contributed by atoms with Gasteiger partial charge in [-0.25, -0.2) is 0 Å². The minimum absolute atomic E-state index is 0.106. The van der Waals surface area contributed by atoms with Crippen molar-refractivity contribution in [3.8, 4) is 6.07 Å². The van der Waals surface area contributed by atoms with Crippen molar-refractivity contribution in [3.63, 3.8) is 0 Å². The van der Waals surface area contributed by atoms with Gasteiger partial charge in [0.1, 0.15) is 18.5 Å². The molecule has 0 aliphatic heterocycles. The second-order valence-electron chi connectivity index (χ2n) is 2.51. The van der Waals surface area contributed by atoms with Crippen molar-refractivity contribution in [2.45, 2.75) is 6.54 Å². The lowest BCUT2D eigenvalue weighted by molar-refractivity contribution is -0.139. The largest absolute Gasteiger partial charge is 0.364 e. The van der Waals surface area contributed by atoms with Gasteiger partial charge in [0, 0.05) is 6.07 Å². The van der Waals surface area contributed by atoms with Gasteiger partial charge in [0.2, 0.25) is 0 Å². The monoisotopic (exact) mass is 208 g/mol. The Morgan fingerprint density at radius 2 is 2.20 bits per heavy atom. The summed E-state index contributed by atoms with van der Waals surface area (Å²) in [5, 5.41) is 16.1. The average Bonchev–Trinajstić information content (AvgIpc) is 2.75. The van der Waals surface area contributed by atoms with E-state index in [0.29, 0.717) is 5.69 Å². The van der Waals surface area contributed by atoms with Gasteiger partial charge in [0.15, 0.2) is 0 Å². The number of hydrogen-bond acceptors (Lipinski definition) is 5. The highest BCUT2D eigenvalue weighted by Gasteiger charge is 2.12. The summed E-state index contributed by atoms with van der Waals surface area (Å²) in [6.45, 7) is -0.0917. The lowest BCUT2D eigenvalue weighted by Crippen LogP contribution is -2.39. The van der Waals surface area contributed by atoms with Crippen LogP contribution in [0.5, 0.6) is 0 Å². The molecule has 0 saturated carbocycles. The standard InChI is InChI=1S/C8H8N4O3/c9-2-3-10-7(13)8(14)11-5-6-1-4-15-12-6/h1,4H,3,5H2,(H,10,13)(H,11,14). The van der Waals surface area contributed by atoms with Gasteiger partial charge in [0.25, 0.3) is 0 Å². The molecule has 1 rings (SSSR count). The maximum Gasteiger partial charge on any atom is 0.310 e. The van der Waals surface area contributed by atoms with Crippen LogP contribution in [-0.2, 0) is 16.1 Å². The molecule has 15 heavy (non-hydrogen) atoms. The van der Waals surface area contributed by atoms with Gasteiger partial charge in [-0.1, -0.05) is 5.16 Å². The fourth-order valence-corrected chi connectivity index (χ4v) is 0.780. The molecule has 78 valence electrons. The first-order valence-electron chi connectivity index (χ1n) is 4.06. The second kappa shape index (κ2) is 5.39. The molecule has 0 saturated heterocycles. The Morgan fingerprint density at radius 3 is 2.80 bits per heavy atom. The van der Waals surface area contributed by atoms with Gasteiger partial charge in [-0.3, -0.25) is 9.59 Å². The van der Waals surface area contributed by atoms with Crippen molar-refractivity contribution in [1.82, 2.24) is 15.8 Å². The molecule has 7 heteroatoms. The summed E-state index contributed by atoms with van der Waals surface area (Å²) in [7, 11) is 0. The molecule has 2 N–H and O–H groups in total. The van der Waals surface area contributed by atoms with Crippen molar-refractivity contribution >= 4 is 11.8 Å². The van der Waals surface area contributed by atoms with E-state index in [-0.39, 0.29) is 13.1 Å². The molecule has 1 aromatic rings. The minimum Gasteiger partial charge on any atom is -0.364 e. The number of nitrogens with one attached hydrogen (secondary N) is 2. The molecule has 0 radical (unpaired) electrons. The van der Waals surface area contributed by atoms with E-state index in [2.05, 4.69) is 20.3 Å². The summed E-state index contributed by atoms with van der Waals surface area (Å²) < 4.78 is 4.53. The maximum absolute atomic E-state index is 11.1. The van der Waals surface area contributed by atoms with E-state index in [1.165, 1.54) is 6.26 Å². The number of rotatable bonds is 3. The molecule has 1 aromatic heterocycles. The Morgan fingerprint density at radius 1 is 1.47 bits per heavy atom. The molecular weight excluding hydrogens is 200 g/mol. The van der Waals surface area contributed by atoms with Crippen LogP contribution in [0.1, 0.15) is 5.69 Å². The number of aromatic nitrogens is 1. The third-order valence-corrected chi connectivity index (χ3v) is 1.46. The normalized spacial score (nSPS) is 9.00. The van der Waals surface area contributed by atoms with Crippen LogP contribution >= 0.6 is 0 Å². The highest BCUT2D eigenvalue weighted by atomic mass is 16.5. The number of nitriles is 1. The van der Waals surface area contributed by atoms with Gasteiger partial charge >= 0.3 is 11.8 Å². The molecule has 0 spiro atoms. The molecule has 1 heterocycles. The van der Waals surface area contributed by atoms with Gasteiger partial charge in [-0.15, -0.1) is 0 Å². The van der Waals surface area contributed by atoms with Crippen LogP contribution in [0.2, 0.25) is 0 Å². The predicted molar refractivity (Wildman–Crippen MR) is 47.0 cm³/mol.